The van der Waals surface area contributed by atoms with E-state index < -0.39 is 6.61 Å². The molecule has 1 saturated heterocycles. The normalized spacial score (nSPS) is 15.1. The fourth-order valence-corrected chi connectivity index (χ4v) is 3.72. The molecule has 3 rings (SSSR count). The number of amides is 1. The Morgan fingerprint density at radius 2 is 1.90 bits per heavy atom. The van der Waals surface area contributed by atoms with Gasteiger partial charge in [0.15, 0.2) is 0 Å². The number of ether oxygens (including phenoxy) is 1. The highest BCUT2D eigenvalue weighted by Crippen LogP contribution is 2.27. The van der Waals surface area contributed by atoms with Crippen LogP contribution in [-0.2, 0) is 4.79 Å². The number of anilines is 2. The standard InChI is InChI=1S/C22H24BrF2N3O2/c1-15-13-18(5-6-19(15)28-11-9-27(2)10-12-28)26-21(29)8-3-16-14-17(23)4-7-20(16)30-22(24)25/h3-8,13-14,22H,9-12H2,1-2H3,(H,26,29)/b8-3+. The first-order chi connectivity index (χ1) is 14.3. The lowest BCUT2D eigenvalue weighted by Gasteiger charge is -2.35. The van der Waals surface area contributed by atoms with E-state index in [1.807, 2.05) is 25.1 Å². The molecule has 1 fully saturated rings. The van der Waals surface area contributed by atoms with Crippen molar-refractivity contribution in [2.24, 2.45) is 0 Å². The Morgan fingerprint density at radius 3 is 2.57 bits per heavy atom. The third-order valence-electron chi connectivity index (χ3n) is 4.91. The number of hydrogen-bond donors (Lipinski definition) is 1. The fourth-order valence-electron chi connectivity index (χ4n) is 3.34. The molecule has 1 N–H and O–H groups in total. The van der Waals surface area contributed by atoms with Crippen LogP contribution >= 0.6 is 15.9 Å². The number of nitrogens with zero attached hydrogens (tertiary/aromatic N) is 2. The first kappa shape index (κ1) is 22.2. The molecule has 2 aromatic rings. The van der Waals surface area contributed by atoms with Gasteiger partial charge in [0, 0.05) is 53.7 Å². The average molecular weight is 480 g/mol. The Hall–Kier alpha value is -2.45. The van der Waals surface area contributed by atoms with Gasteiger partial charge in [0.25, 0.3) is 0 Å². The summed E-state index contributed by atoms with van der Waals surface area (Å²) in [7, 11) is 2.12. The molecule has 0 bridgehead atoms. The number of benzene rings is 2. The molecular formula is C22H24BrF2N3O2. The molecule has 160 valence electrons. The zero-order chi connectivity index (χ0) is 21.7. The third kappa shape index (κ3) is 6.03. The van der Waals surface area contributed by atoms with Crippen LogP contribution < -0.4 is 15.0 Å². The quantitative estimate of drug-likeness (QED) is 0.606. The molecule has 0 unspecified atom stereocenters. The highest BCUT2D eigenvalue weighted by molar-refractivity contribution is 9.10. The molecule has 0 aromatic heterocycles. The number of hydrogen-bond acceptors (Lipinski definition) is 4. The highest BCUT2D eigenvalue weighted by Gasteiger charge is 2.16. The summed E-state index contributed by atoms with van der Waals surface area (Å²) in [6.45, 7) is 3.08. The Labute approximate surface area is 183 Å². The molecule has 0 saturated carbocycles. The van der Waals surface area contributed by atoms with E-state index in [9.17, 15) is 13.6 Å². The van der Waals surface area contributed by atoms with E-state index in [-0.39, 0.29) is 11.7 Å². The van der Waals surface area contributed by atoms with E-state index in [1.165, 1.54) is 23.9 Å². The molecule has 1 aliphatic rings. The van der Waals surface area contributed by atoms with Gasteiger partial charge in [-0.1, -0.05) is 15.9 Å². The van der Waals surface area contributed by atoms with E-state index in [1.54, 1.807) is 12.1 Å². The summed E-state index contributed by atoms with van der Waals surface area (Å²) in [5.74, 6) is -0.352. The topological polar surface area (TPSA) is 44.8 Å². The number of carbonyl (C=O) groups excluding carboxylic acids is 1. The van der Waals surface area contributed by atoms with Crippen molar-refractivity contribution < 1.29 is 18.3 Å². The molecule has 5 nitrogen and oxygen atoms in total. The van der Waals surface area contributed by atoms with Gasteiger partial charge in [0.1, 0.15) is 5.75 Å². The van der Waals surface area contributed by atoms with E-state index in [4.69, 9.17) is 0 Å². The zero-order valence-corrected chi connectivity index (χ0v) is 18.5. The summed E-state index contributed by atoms with van der Waals surface area (Å²) < 4.78 is 30.3. The van der Waals surface area contributed by atoms with Crippen LogP contribution in [-0.4, -0.2) is 50.6 Å². The molecule has 30 heavy (non-hydrogen) atoms. The maximum atomic E-state index is 12.6. The Morgan fingerprint density at radius 1 is 1.17 bits per heavy atom. The van der Waals surface area contributed by atoms with Crippen molar-refractivity contribution in [2.45, 2.75) is 13.5 Å². The van der Waals surface area contributed by atoms with Gasteiger partial charge in [0.05, 0.1) is 0 Å². The average Bonchev–Trinajstić information content (AvgIpc) is 2.69. The number of piperazine rings is 1. The smallest absolute Gasteiger partial charge is 0.387 e. The van der Waals surface area contributed by atoms with Crippen LogP contribution in [0.2, 0.25) is 0 Å². The number of carbonyl (C=O) groups is 1. The lowest BCUT2D eigenvalue weighted by molar-refractivity contribution is -0.111. The first-order valence-electron chi connectivity index (χ1n) is 9.59. The number of halogens is 3. The molecule has 8 heteroatoms. The monoisotopic (exact) mass is 479 g/mol. The van der Waals surface area contributed by atoms with Crippen LogP contribution in [0.5, 0.6) is 5.75 Å². The molecule has 0 radical (unpaired) electrons. The minimum atomic E-state index is -2.94. The van der Waals surface area contributed by atoms with Gasteiger partial charge in [-0.15, -0.1) is 0 Å². The summed E-state index contributed by atoms with van der Waals surface area (Å²) in [6, 6.07) is 10.5. The molecule has 1 heterocycles. The van der Waals surface area contributed by atoms with Crippen LogP contribution in [0, 0.1) is 6.92 Å². The second kappa shape index (κ2) is 10.0. The van der Waals surface area contributed by atoms with Crippen LogP contribution in [0.25, 0.3) is 6.08 Å². The van der Waals surface area contributed by atoms with Gasteiger partial charge < -0.3 is 19.9 Å². The summed E-state index contributed by atoms with van der Waals surface area (Å²) in [5, 5.41) is 2.81. The van der Waals surface area contributed by atoms with Gasteiger partial charge in [-0.05, 0) is 62.0 Å². The third-order valence-corrected chi connectivity index (χ3v) is 5.40. The number of alkyl halides is 2. The predicted octanol–water partition coefficient (Wildman–Crippen LogP) is 4.76. The minimum Gasteiger partial charge on any atom is -0.434 e. The number of rotatable bonds is 6. The summed E-state index contributed by atoms with van der Waals surface area (Å²) in [5.41, 5.74) is 3.31. The van der Waals surface area contributed by atoms with Gasteiger partial charge in [-0.25, -0.2) is 0 Å². The van der Waals surface area contributed by atoms with Gasteiger partial charge in [0.2, 0.25) is 5.91 Å². The number of aryl methyl sites for hydroxylation is 1. The van der Waals surface area contributed by atoms with E-state index in [0.29, 0.717) is 15.7 Å². The Bertz CT molecular complexity index is 929. The minimum absolute atomic E-state index is 0.00428. The largest absolute Gasteiger partial charge is 0.434 e. The molecule has 0 aliphatic carbocycles. The molecule has 1 amide bonds. The maximum absolute atomic E-state index is 12.6. The van der Waals surface area contributed by atoms with Gasteiger partial charge in [-0.3, -0.25) is 4.79 Å². The van der Waals surface area contributed by atoms with Crippen LogP contribution in [0.3, 0.4) is 0 Å². The fraction of sp³-hybridized carbons (Fsp3) is 0.318. The Kier molecular flexibility index (Phi) is 7.44. The zero-order valence-electron chi connectivity index (χ0n) is 16.9. The molecular weight excluding hydrogens is 456 g/mol. The van der Waals surface area contributed by atoms with Crippen LogP contribution in [0.4, 0.5) is 20.2 Å². The second-order valence-electron chi connectivity index (χ2n) is 7.17. The van der Waals surface area contributed by atoms with E-state index >= 15 is 0 Å². The van der Waals surface area contributed by atoms with Gasteiger partial charge >= 0.3 is 6.61 Å². The highest BCUT2D eigenvalue weighted by atomic mass is 79.9. The summed E-state index contributed by atoms with van der Waals surface area (Å²) in [6.07, 6.45) is 2.74. The maximum Gasteiger partial charge on any atom is 0.387 e. The van der Waals surface area contributed by atoms with Crippen molar-refractivity contribution in [3.05, 3.63) is 58.1 Å². The van der Waals surface area contributed by atoms with Crippen LogP contribution in [0.15, 0.2) is 46.9 Å². The van der Waals surface area contributed by atoms with E-state index in [0.717, 1.165) is 31.7 Å². The lowest BCUT2D eigenvalue weighted by atomic mass is 10.1. The molecule has 0 spiro atoms. The number of nitrogens with one attached hydrogen (secondary N) is 1. The van der Waals surface area contributed by atoms with Crippen molar-refractivity contribution >= 4 is 39.3 Å². The Balaban J connectivity index is 1.66. The molecule has 1 aliphatic heterocycles. The van der Waals surface area contributed by atoms with Gasteiger partial charge in [-0.2, -0.15) is 8.78 Å². The van der Waals surface area contributed by atoms with Crippen LogP contribution in [0.1, 0.15) is 11.1 Å². The predicted molar refractivity (Wildman–Crippen MR) is 119 cm³/mol. The van der Waals surface area contributed by atoms with E-state index in [2.05, 4.69) is 42.8 Å². The van der Waals surface area contributed by atoms with Crippen molar-refractivity contribution in [2.75, 3.05) is 43.4 Å². The lowest BCUT2D eigenvalue weighted by Crippen LogP contribution is -2.44. The van der Waals surface area contributed by atoms with Crippen molar-refractivity contribution in [1.29, 1.82) is 0 Å². The number of likely N-dealkylation sites (N-methyl/N-ethyl adjacent to an activating group) is 1. The molecule has 2 aromatic carbocycles. The summed E-state index contributed by atoms with van der Waals surface area (Å²) in [4.78, 5) is 17.0. The SMILES string of the molecule is Cc1cc(NC(=O)/C=C/c2cc(Br)ccc2OC(F)F)ccc1N1CCN(C)CC1. The summed E-state index contributed by atoms with van der Waals surface area (Å²) >= 11 is 3.29. The second-order valence-corrected chi connectivity index (χ2v) is 8.09. The molecule has 0 atom stereocenters. The first-order valence-corrected chi connectivity index (χ1v) is 10.4. The van der Waals surface area contributed by atoms with Crippen molar-refractivity contribution in [3.63, 3.8) is 0 Å². The van der Waals surface area contributed by atoms with Crippen molar-refractivity contribution in [1.82, 2.24) is 4.90 Å². The van der Waals surface area contributed by atoms with Crippen molar-refractivity contribution in [3.8, 4) is 5.75 Å².